The first kappa shape index (κ1) is 21.4. The first-order chi connectivity index (χ1) is 14.3. The van der Waals surface area contributed by atoms with E-state index < -0.39 is 11.9 Å². The highest BCUT2D eigenvalue weighted by molar-refractivity contribution is 6.30. The topological polar surface area (TPSA) is 86.6 Å². The molecule has 0 atom stereocenters. The number of fused-ring (bicyclic) bond motifs is 1. The van der Waals surface area contributed by atoms with Gasteiger partial charge < -0.3 is 14.8 Å². The number of carbonyl (C=O) groups excluding carboxylic acids is 3. The number of nitrogens with zero attached hydrogens (tertiary/aromatic N) is 1. The Morgan fingerprint density at radius 3 is 2.43 bits per heavy atom. The minimum atomic E-state index is -0.567. The van der Waals surface area contributed by atoms with Crippen LogP contribution < -0.4 is 10.1 Å². The molecule has 0 bridgehead atoms. The van der Waals surface area contributed by atoms with Crippen molar-refractivity contribution in [2.75, 3.05) is 20.8 Å². The third-order valence-corrected chi connectivity index (χ3v) is 5.05. The average molecular weight is 429 g/mol. The summed E-state index contributed by atoms with van der Waals surface area (Å²) in [7, 11) is 3.00. The molecule has 0 aliphatic rings. The number of methoxy groups -OCH3 is 1. The number of benzene rings is 2. The Kier molecular flexibility index (Phi) is 6.42. The fraction of sp³-hybridized carbons (Fsp3) is 0.227. The summed E-state index contributed by atoms with van der Waals surface area (Å²) in [6.07, 6.45) is -0.0899. The first-order valence-corrected chi connectivity index (χ1v) is 9.58. The lowest BCUT2D eigenvalue weighted by atomic mass is 10.1. The zero-order valence-electron chi connectivity index (χ0n) is 16.8. The second-order valence-electron chi connectivity index (χ2n) is 6.61. The van der Waals surface area contributed by atoms with Crippen molar-refractivity contribution in [2.45, 2.75) is 13.3 Å². The van der Waals surface area contributed by atoms with Gasteiger partial charge in [0.25, 0.3) is 11.8 Å². The molecule has 1 N–H and O–H groups in total. The summed E-state index contributed by atoms with van der Waals surface area (Å²) in [6, 6.07) is 11.9. The maximum atomic E-state index is 13.2. The molecule has 3 aromatic rings. The van der Waals surface area contributed by atoms with Gasteiger partial charge in [-0.3, -0.25) is 19.0 Å². The number of nitrogens with one attached hydrogen (secondary N) is 1. The van der Waals surface area contributed by atoms with Gasteiger partial charge in [-0.2, -0.15) is 0 Å². The Morgan fingerprint density at radius 2 is 1.80 bits per heavy atom. The fourth-order valence-electron chi connectivity index (χ4n) is 3.21. The van der Waals surface area contributed by atoms with Crippen LogP contribution in [-0.4, -0.2) is 43.1 Å². The summed E-state index contributed by atoms with van der Waals surface area (Å²) < 4.78 is 11.9. The number of esters is 1. The Hall–Kier alpha value is -3.32. The maximum Gasteiger partial charge on any atom is 0.310 e. The molecule has 0 aliphatic carbocycles. The summed E-state index contributed by atoms with van der Waals surface area (Å²) in [4.78, 5) is 36.9. The minimum Gasteiger partial charge on any atom is -0.497 e. The molecular formula is C22H21ClN2O5. The monoisotopic (exact) mass is 428 g/mol. The van der Waals surface area contributed by atoms with Gasteiger partial charge >= 0.3 is 5.97 Å². The summed E-state index contributed by atoms with van der Waals surface area (Å²) in [5.74, 6) is -0.618. The SMILES string of the molecule is CNC(=O)COC(=O)Cc1c(C)n(C(=O)c2ccc(Cl)cc2)c2ccc(OC)cc12. The molecule has 8 heteroatoms. The van der Waals surface area contributed by atoms with Crippen LogP contribution in [0.3, 0.4) is 0 Å². The van der Waals surface area contributed by atoms with Crippen LogP contribution in [0.15, 0.2) is 42.5 Å². The van der Waals surface area contributed by atoms with E-state index in [4.69, 9.17) is 21.1 Å². The third kappa shape index (κ3) is 4.31. The largest absolute Gasteiger partial charge is 0.497 e. The Bertz CT molecular complexity index is 1120. The van der Waals surface area contributed by atoms with E-state index in [-0.39, 0.29) is 18.9 Å². The van der Waals surface area contributed by atoms with Crippen molar-refractivity contribution >= 4 is 40.3 Å². The van der Waals surface area contributed by atoms with Gasteiger partial charge in [0, 0.05) is 28.7 Å². The zero-order chi connectivity index (χ0) is 21.8. The number of hydrogen-bond donors (Lipinski definition) is 1. The summed E-state index contributed by atoms with van der Waals surface area (Å²) >= 11 is 5.93. The molecule has 0 unspecified atom stereocenters. The van der Waals surface area contributed by atoms with Gasteiger partial charge in [0.05, 0.1) is 19.0 Å². The normalized spacial score (nSPS) is 10.7. The van der Waals surface area contributed by atoms with Crippen LogP contribution in [0.2, 0.25) is 5.02 Å². The molecule has 3 rings (SSSR count). The van der Waals surface area contributed by atoms with Crippen molar-refractivity contribution < 1.29 is 23.9 Å². The van der Waals surface area contributed by atoms with E-state index in [9.17, 15) is 14.4 Å². The van der Waals surface area contributed by atoms with Crippen LogP contribution in [0.1, 0.15) is 21.6 Å². The predicted molar refractivity (Wildman–Crippen MR) is 113 cm³/mol. The third-order valence-electron chi connectivity index (χ3n) is 4.80. The average Bonchev–Trinajstić information content (AvgIpc) is 3.02. The minimum absolute atomic E-state index is 0.0899. The Morgan fingerprint density at radius 1 is 1.10 bits per heavy atom. The van der Waals surface area contributed by atoms with Crippen molar-refractivity contribution in [2.24, 2.45) is 0 Å². The number of hydrogen-bond acceptors (Lipinski definition) is 5. The van der Waals surface area contributed by atoms with Gasteiger partial charge in [-0.25, -0.2) is 0 Å². The second-order valence-corrected chi connectivity index (χ2v) is 7.04. The molecule has 0 aliphatic heterocycles. The molecule has 156 valence electrons. The lowest BCUT2D eigenvalue weighted by Crippen LogP contribution is -2.25. The van der Waals surface area contributed by atoms with E-state index in [1.54, 1.807) is 61.1 Å². The quantitative estimate of drug-likeness (QED) is 0.609. The molecule has 0 radical (unpaired) electrons. The van der Waals surface area contributed by atoms with E-state index in [1.165, 1.54) is 7.05 Å². The molecule has 7 nitrogen and oxygen atoms in total. The highest BCUT2D eigenvalue weighted by Gasteiger charge is 2.22. The van der Waals surface area contributed by atoms with Crippen LogP contribution >= 0.6 is 11.6 Å². The van der Waals surface area contributed by atoms with Crippen molar-refractivity contribution in [1.82, 2.24) is 9.88 Å². The van der Waals surface area contributed by atoms with Crippen molar-refractivity contribution in [3.05, 3.63) is 64.3 Å². The molecular weight excluding hydrogens is 408 g/mol. The molecule has 1 amide bonds. The van der Waals surface area contributed by atoms with Gasteiger partial charge in [0.15, 0.2) is 6.61 Å². The van der Waals surface area contributed by atoms with Gasteiger partial charge in [0.2, 0.25) is 0 Å². The van der Waals surface area contributed by atoms with Gasteiger partial charge in [-0.15, -0.1) is 0 Å². The number of rotatable bonds is 6. The fourth-order valence-corrected chi connectivity index (χ4v) is 3.34. The van der Waals surface area contributed by atoms with Crippen LogP contribution in [0.5, 0.6) is 5.75 Å². The van der Waals surface area contributed by atoms with E-state index in [2.05, 4.69) is 5.32 Å². The van der Waals surface area contributed by atoms with Crippen LogP contribution in [-0.2, 0) is 20.7 Å². The van der Waals surface area contributed by atoms with Crippen LogP contribution in [0.4, 0.5) is 0 Å². The van der Waals surface area contributed by atoms with Crippen LogP contribution in [0, 0.1) is 6.92 Å². The van der Waals surface area contributed by atoms with Crippen LogP contribution in [0.25, 0.3) is 10.9 Å². The molecule has 0 fully saturated rings. The number of ether oxygens (including phenoxy) is 2. The number of amides is 1. The van der Waals surface area contributed by atoms with Crippen molar-refractivity contribution in [1.29, 1.82) is 0 Å². The predicted octanol–water partition coefficient (Wildman–Crippen LogP) is 3.13. The number of carbonyl (C=O) groups is 3. The van der Waals surface area contributed by atoms with Gasteiger partial charge in [0.1, 0.15) is 5.75 Å². The van der Waals surface area contributed by atoms with Gasteiger partial charge in [-0.1, -0.05) is 11.6 Å². The second kappa shape index (κ2) is 9.00. The van der Waals surface area contributed by atoms with Gasteiger partial charge in [-0.05, 0) is 55.0 Å². The zero-order valence-corrected chi connectivity index (χ0v) is 17.6. The summed E-state index contributed by atoms with van der Waals surface area (Å²) in [5, 5.41) is 3.62. The molecule has 1 heterocycles. The van der Waals surface area contributed by atoms with Crippen molar-refractivity contribution in [3.8, 4) is 5.75 Å². The highest BCUT2D eigenvalue weighted by Crippen LogP contribution is 2.31. The molecule has 2 aromatic carbocycles. The molecule has 30 heavy (non-hydrogen) atoms. The Labute approximate surface area is 178 Å². The number of aromatic nitrogens is 1. The Balaban J connectivity index is 2.05. The van der Waals surface area contributed by atoms with E-state index >= 15 is 0 Å². The highest BCUT2D eigenvalue weighted by atomic mass is 35.5. The first-order valence-electron chi connectivity index (χ1n) is 9.20. The molecule has 1 aromatic heterocycles. The molecule has 0 saturated heterocycles. The summed E-state index contributed by atoms with van der Waals surface area (Å²) in [6.45, 7) is 1.40. The van der Waals surface area contributed by atoms with E-state index in [1.807, 2.05) is 0 Å². The summed E-state index contributed by atoms with van der Waals surface area (Å²) in [5.41, 5.74) is 2.34. The smallest absolute Gasteiger partial charge is 0.310 e. The van der Waals surface area contributed by atoms with E-state index in [0.29, 0.717) is 38.5 Å². The lowest BCUT2D eigenvalue weighted by Gasteiger charge is -2.08. The number of halogens is 1. The van der Waals surface area contributed by atoms with E-state index in [0.717, 1.165) is 0 Å². The maximum absolute atomic E-state index is 13.2. The molecule has 0 spiro atoms. The standard InChI is InChI=1S/C22H21ClN2O5/c1-13-17(11-21(27)30-12-20(26)24-2)18-10-16(29-3)8-9-19(18)25(13)22(28)14-4-6-15(23)7-5-14/h4-10H,11-12H2,1-3H3,(H,24,26). The van der Waals surface area contributed by atoms with Crippen molar-refractivity contribution in [3.63, 3.8) is 0 Å². The number of likely N-dealkylation sites (N-methyl/N-ethyl adjacent to an activating group) is 1. The molecule has 0 saturated carbocycles. The lowest BCUT2D eigenvalue weighted by molar-refractivity contribution is -0.147.